The smallest absolute Gasteiger partial charge is 0.169 e. The van der Waals surface area contributed by atoms with Crippen molar-refractivity contribution in [3.8, 4) is 11.1 Å². The molecular formula is C51H31N3OS. The molecule has 0 fully saturated rings. The second-order valence-corrected chi connectivity index (χ2v) is 15.5. The van der Waals surface area contributed by atoms with Crippen molar-refractivity contribution >= 4 is 97.4 Å². The van der Waals surface area contributed by atoms with E-state index >= 15 is 0 Å². The van der Waals surface area contributed by atoms with Crippen LogP contribution in [0.4, 0.5) is 0 Å². The lowest BCUT2D eigenvalue weighted by Crippen LogP contribution is -2.36. The molecule has 11 aromatic rings. The molecule has 1 atom stereocenters. The van der Waals surface area contributed by atoms with Crippen molar-refractivity contribution in [2.24, 2.45) is 9.98 Å². The summed E-state index contributed by atoms with van der Waals surface area (Å²) < 4.78 is 9.32. The zero-order valence-corrected chi connectivity index (χ0v) is 30.8. The number of hydrogen-bond donors (Lipinski definition) is 1. The molecule has 3 heterocycles. The third-order valence-electron chi connectivity index (χ3n) is 11.3. The first-order chi connectivity index (χ1) is 27.7. The van der Waals surface area contributed by atoms with Crippen molar-refractivity contribution in [2.75, 3.05) is 0 Å². The van der Waals surface area contributed by atoms with Gasteiger partial charge in [-0.2, -0.15) is 0 Å². The summed E-state index contributed by atoms with van der Waals surface area (Å²) in [6, 6.07) is 62.6. The van der Waals surface area contributed by atoms with Crippen molar-refractivity contribution in [2.45, 2.75) is 6.17 Å². The van der Waals surface area contributed by atoms with Crippen molar-refractivity contribution in [3.63, 3.8) is 0 Å². The maximum atomic E-state index is 6.84. The number of fused-ring (bicyclic) bond motifs is 12. The second kappa shape index (κ2) is 12.2. The minimum atomic E-state index is -0.466. The van der Waals surface area contributed by atoms with Crippen molar-refractivity contribution in [1.29, 1.82) is 0 Å². The van der Waals surface area contributed by atoms with E-state index < -0.39 is 6.17 Å². The summed E-state index contributed by atoms with van der Waals surface area (Å²) in [5, 5.41) is 15.9. The van der Waals surface area contributed by atoms with Crippen LogP contribution in [0.25, 0.3) is 85.6 Å². The van der Waals surface area contributed by atoms with E-state index in [4.69, 9.17) is 14.4 Å². The lowest BCUT2D eigenvalue weighted by atomic mass is 9.92. The molecule has 0 bridgehead atoms. The number of furan rings is 1. The molecule has 9 aromatic carbocycles. The average Bonchev–Trinajstić information content (AvgIpc) is 3.85. The molecule has 12 rings (SSSR count). The SMILES string of the molecule is c1ccc(C2=NC(c3ccc4c(c3)oc3c(-c5ccc6c7ccccc7c7ccccc7c6c5)cccc34)N=C(c3cccc4c3sc3ccccc34)N2)cc1. The minimum Gasteiger partial charge on any atom is -0.455 e. The van der Waals surface area contributed by atoms with Gasteiger partial charge in [-0.25, -0.2) is 9.98 Å². The third-order valence-corrected chi connectivity index (χ3v) is 12.5. The first-order valence-corrected chi connectivity index (χ1v) is 19.7. The fourth-order valence-electron chi connectivity index (χ4n) is 8.69. The Balaban J connectivity index is 1.00. The Bertz CT molecular complexity index is 3430. The Labute approximate surface area is 325 Å². The zero-order chi connectivity index (χ0) is 36.7. The molecule has 1 unspecified atom stereocenters. The highest BCUT2D eigenvalue weighted by atomic mass is 32.1. The molecule has 4 nitrogen and oxygen atoms in total. The molecule has 0 aliphatic carbocycles. The van der Waals surface area contributed by atoms with E-state index in [1.807, 2.05) is 18.2 Å². The van der Waals surface area contributed by atoms with Gasteiger partial charge < -0.3 is 9.73 Å². The predicted octanol–water partition coefficient (Wildman–Crippen LogP) is 13.6. The van der Waals surface area contributed by atoms with Crippen LogP contribution in [0.3, 0.4) is 0 Å². The second-order valence-electron chi connectivity index (χ2n) is 14.5. The fourth-order valence-corrected chi connectivity index (χ4v) is 9.91. The number of thiophene rings is 1. The van der Waals surface area contributed by atoms with Gasteiger partial charge in [0.25, 0.3) is 0 Å². The third kappa shape index (κ3) is 4.78. The number of para-hydroxylation sites is 1. The molecule has 0 spiro atoms. The molecule has 1 aliphatic rings. The Morgan fingerprint density at radius 2 is 1.04 bits per heavy atom. The summed E-state index contributed by atoms with van der Waals surface area (Å²) >= 11 is 1.81. The van der Waals surface area contributed by atoms with Crippen LogP contribution in [0.2, 0.25) is 0 Å². The molecule has 0 radical (unpaired) electrons. The van der Waals surface area contributed by atoms with E-state index in [0.717, 1.165) is 61.4 Å². The summed E-state index contributed by atoms with van der Waals surface area (Å²) in [7, 11) is 0. The van der Waals surface area contributed by atoms with Crippen LogP contribution in [-0.2, 0) is 0 Å². The zero-order valence-electron chi connectivity index (χ0n) is 30.0. The molecule has 2 aromatic heterocycles. The maximum absolute atomic E-state index is 6.84. The van der Waals surface area contributed by atoms with Crippen LogP contribution < -0.4 is 5.32 Å². The Morgan fingerprint density at radius 3 is 1.82 bits per heavy atom. The van der Waals surface area contributed by atoms with Crippen LogP contribution in [0.15, 0.2) is 190 Å². The van der Waals surface area contributed by atoms with E-state index in [0.29, 0.717) is 0 Å². The van der Waals surface area contributed by atoms with Crippen LogP contribution in [0, 0.1) is 0 Å². The summed E-state index contributed by atoms with van der Waals surface area (Å²) in [6.07, 6.45) is -0.466. The van der Waals surface area contributed by atoms with E-state index in [9.17, 15) is 0 Å². The highest BCUT2D eigenvalue weighted by Gasteiger charge is 2.24. The Kier molecular flexibility index (Phi) is 6.83. The molecule has 56 heavy (non-hydrogen) atoms. The van der Waals surface area contributed by atoms with Crippen molar-refractivity contribution < 1.29 is 4.42 Å². The lowest BCUT2D eigenvalue weighted by molar-refractivity contribution is 0.666. The standard InChI is InChI=1S/C51H31N3OS/c1-2-12-30(13-3-1)49-52-50(54-51(53-49)43-22-11-21-42-40-18-8-9-23-46(40)56-48(42)43)32-25-27-39-41-20-10-19-33(47(41)55-45(39)29-32)31-24-26-38-36-16-5-4-14-34(36)35-15-6-7-17-37(35)44(38)28-31/h1-29,50H,(H,52,53,54). The number of amidine groups is 2. The molecule has 1 aliphatic heterocycles. The fraction of sp³-hybridized carbons (Fsp3) is 0.0196. The van der Waals surface area contributed by atoms with Gasteiger partial charge >= 0.3 is 0 Å². The quantitative estimate of drug-likeness (QED) is 0.183. The highest BCUT2D eigenvalue weighted by Crippen LogP contribution is 2.42. The van der Waals surface area contributed by atoms with E-state index in [1.165, 1.54) is 52.5 Å². The van der Waals surface area contributed by atoms with Crippen LogP contribution in [-0.4, -0.2) is 11.7 Å². The molecule has 262 valence electrons. The maximum Gasteiger partial charge on any atom is 0.169 e. The normalized spacial score (nSPS) is 14.6. The summed E-state index contributed by atoms with van der Waals surface area (Å²) in [5.74, 6) is 1.60. The molecule has 0 saturated carbocycles. The van der Waals surface area contributed by atoms with E-state index in [1.54, 1.807) is 11.3 Å². The first-order valence-electron chi connectivity index (χ1n) is 18.9. The van der Waals surface area contributed by atoms with E-state index in [2.05, 4.69) is 163 Å². The van der Waals surface area contributed by atoms with Gasteiger partial charge in [0, 0.05) is 53.2 Å². The highest BCUT2D eigenvalue weighted by molar-refractivity contribution is 7.26. The molecule has 5 heteroatoms. The van der Waals surface area contributed by atoms with E-state index in [-0.39, 0.29) is 0 Å². The lowest BCUT2D eigenvalue weighted by Gasteiger charge is -2.22. The molecule has 0 saturated heterocycles. The van der Waals surface area contributed by atoms with Gasteiger partial charge in [-0.1, -0.05) is 152 Å². The Morgan fingerprint density at radius 1 is 0.429 bits per heavy atom. The van der Waals surface area contributed by atoms with Gasteiger partial charge in [0.2, 0.25) is 0 Å². The number of hydrogen-bond acceptors (Lipinski definition) is 5. The topological polar surface area (TPSA) is 49.9 Å². The van der Waals surface area contributed by atoms with Gasteiger partial charge in [-0.05, 0) is 62.1 Å². The van der Waals surface area contributed by atoms with Crippen molar-refractivity contribution in [3.05, 3.63) is 193 Å². The number of nitrogens with zero attached hydrogens (tertiary/aromatic N) is 2. The summed E-state index contributed by atoms with van der Waals surface area (Å²) in [6.45, 7) is 0. The molecule has 0 amide bonds. The Hall–Kier alpha value is -7.08. The van der Waals surface area contributed by atoms with Gasteiger partial charge in [0.1, 0.15) is 22.8 Å². The van der Waals surface area contributed by atoms with Crippen LogP contribution in [0.1, 0.15) is 22.9 Å². The van der Waals surface area contributed by atoms with Gasteiger partial charge in [0.05, 0.1) is 0 Å². The number of aliphatic imine (C=N–C) groups is 2. The summed E-state index contributed by atoms with van der Waals surface area (Å²) in [5.41, 5.74) is 6.95. The van der Waals surface area contributed by atoms with Crippen LogP contribution >= 0.6 is 11.3 Å². The number of nitrogens with one attached hydrogen (secondary N) is 1. The van der Waals surface area contributed by atoms with Gasteiger partial charge in [0.15, 0.2) is 6.17 Å². The number of benzene rings is 9. The molecule has 1 N–H and O–H groups in total. The van der Waals surface area contributed by atoms with Gasteiger partial charge in [-0.15, -0.1) is 11.3 Å². The largest absolute Gasteiger partial charge is 0.455 e. The minimum absolute atomic E-state index is 0.466. The van der Waals surface area contributed by atoms with Crippen LogP contribution in [0.5, 0.6) is 0 Å². The monoisotopic (exact) mass is 733 g/mol. The molecular weight excluding hydrogens is 703 g/mol. The summed E-state index contributed by atoms with van der Waals surface area (Å²) in [4.78, 5) is 10.5. The predicted molar refractivity (Wildman–Crippen MR) is 236 cm³/mol. The van der Waals surface area contributed by atoms with Gasteiger partial charge in [-0.3, -0.25) is 0 Å². The van der Waals surface area contributed by atoms with Crippen molar-refractivity contribution in [1.82, 2.24) is 5.32 Å². The first kappa shape index (κ1) is 31.3. The average molecular weight is 734 g/mol. The number of rotatable bonds is 4.